The molecule has 0 aliphatic heterocycles. The van der Waals surface area contributed by atoms with Gasteiger partial charge in [-0.3, -0.25) is 4.79 Å². The number of benzene rings is 1. The zero-order valence-electron chi connectivity index (χ0n) is 16.0. The summed E-state index contributed by atoms with van der Waals surface area (Å²) in [5.74, 6) is -1.30. The number of alkyl carbamates (subject to hydrolysis) is 1. The van der Waals surface area contributed by atoms with Gasteiger partial charge in [-0.05, 0) is 47.9 Å². The topological polar surface area (TPSA) is 90.9 Å². The van der Waals surface area contributed by atoms with Crippen molar-refractivity contribution >= 4 is 40.6 Å². The van der Waals surface area contributed by atoms with Gasteiger partial charge in [-0.25, -0.2) is 9.59 Å². The molecule has 0 spiro atoms. The molecule has 0 aliphatic carbocycles. The Morgan fingerprint density at radius 1 is 1.07 bits per heavy atom. The first-order chi connectivity index (χ1) is 12.7. The second-order valence-corrected chi connectivity index (χ2v) is 7.58. The lowest BCUT2D eigenvalue weighted by molar-refractivity contribution is -0.161. The number of esters is 2. The predicted molar refractivity (Wildman–Crippen MR) is 108 cm³/mol. The van der Waals surface area contributed by atoms with Gasteiger partial charge in [-0.2, -0.15) is 0 Å². The number of alkyl halides is 1. The zero-order chi connectivity index (χ0) is 20.4. The van der Waals surface area contributed by atoms with Gasteiger partial charge in [0.1, 0.15) is 23.9 Å². The summed E-state index contributed by atoms with van der Waals surface area (Å²) < 4.78 is 15.6. The molecule has 0 saturated carbocycles. The lowest BCUT2D eigenvalue weighted by atomic mass is 9.95. The lowest BCUT2D eigenvalue weighted by Gasteiger charge is -2.25. The molecule has 150 valence electrons. The van der Waals surface area contributed by atoms with E-state index in [1.54, 1.807) is 27.7 Å². The van der Waals surface area contributed by atoms with Gasteiger partial charge in [0.05, 0.1) is 5.41 Å². The molecule has 1 N–H and O–H groups in total. The van der Waals surface area contributed by atoms with E-state index in [1.165, 1.54) is 0 Å². The Kier molecular flexibility index (Phi) is 9.54. The Morgan fingerprint density at radius 2 is 1.70 bits per heavy atom. The molecular weight excluding hydrogens is 465 g/mol. The first-order valence-electron chi connectivity index (χ1n) is 8.54. The standard InChI is InChI=1S/C19H26INO6/c1-13(2)15(16(22)26-11-19(3,4)17(23)27-12-20)21-18(24)25-10-14-8-6-5-7-9-14/h5-9,13,15H,10-12H2,1-4H3,(H,21,24)/t15-/m0/s1. The maximum absolute atomic E-state index is 12.4. The molecule has 0 unspecified atom stereocenters. The third-order valence-electron chi connectivity index (χ3n) is 3.72. The van der Waals surface area contributed by atoms with Crippen molar-refractivity contribution in [2.24, 2.45) is 11.3 Å². The molecule has 0 saturated heterocycles. The summed E-state index contributed by atoms with van der Waals surface area (Å²) in [4.78, 5) is 36.3. The molecule has 1 rings (SSSR count). The van der Waals surface area contributed by atoms with Crippen LogP contribution >= 0.6 is 22.6 Å². The average molecular weight is 491 g/mol. The molecule has 1 aromatic carbocycles. The van der Waals surface area contributed by atoms with Crippen LogP contribution in [0.15, 0.2) is 30.3 Å². The third kappa shape index (κ3) is 8.15. The summed E-state index contributed by atoms with van der Waals surface area (Å²) in [6.07, 6.45) is -0.710. The van der Waals surface area contributed by atoms with Crippen molar-refractivity contribution in [1.82, 2.24) is 5.32 Å². The highest BCUT2D eigenvalue weighted by Crippen LogP contribution is 2.19. The number of hydrogen-bond acceptors (Lipinski definition) is 6. The number of rotatable bonds is 9. The molecule has 0 fully saturated rings. The maximum Gasteiger partial charge on any atom is 0.408 e. The summed E-state index contributed by atoms with van der Waals surface area (Å²) in [6.45, 7) is 6.76. The molecule has 0 heterocycles. The Hall–Kier alpha value is -1.84. The highest BCUT2D eigenvalue weighted by Gasteiger charge is 2.33. The van der Waals surface area contributed by atoms with Gasteiger partial charge in [0, 0.05) is 0 Å². The first kappa shape index (κ1) is 23.2. The number of amides is 1. The van der Waals surface area contributed by atoms with E-state index >= 15 is 0 Å². The van der Waals surface area contributed by atoms with E-state index in [0.717, 1.165) is 5.56 Å². The Morgan fingerprint density at radius 3 is 2.26 bits per heavy atom. The number of nitrogens with one attached hydrogen (secondary N) is 1. The van der Waals surface area contributed by atoms with Gasteiger partial charge in [0.25, 0.3) is 0 Å². The smallest absolute Gasteiger partial charge is 0.408 e. The van der Waals surface area contributed by atoms with Crippen LogP contribution in [-0.2, 0) is 30.4 Å². The van der Waals surface area contributed by atoms with Gasteiger partial charge in [0.15, 0.2) is 0 Å². The van der Waals surface area contributed by atoms with Crippen LogP contribution < -0.4 is 5.32 Å². The van der Waals surface area contributed by atoms with Crippen molar-refractivity contribution in [3.05, 3.63) is 35.9 Å². The van der Waals surface area contributed by atoms with E-state index in [4.69, 9.17) is 14.2 Å². The Balaban J connectivity index is 2.57. The van der Waals surface area contributed by atoms with Crippen LogP contribution in [0.25, 0.3) is 0 Å². The Bertz CT molecular complexity index is 632. The number of carbonyl (C=O) groups is 3. The van der Waals surface area contributed by atoms with Crippen molar-refractivity contribution in [2.45, 2.75) is 40.3 Å². The summed E-state index contributed by atoms with van der Waals surface area (Å²) in [5.41, 5.74) is -0.136. The molecule has 1 amide bonds. The van der Waals surface area contributed by atoms with Gasteiger partial charge in [0.2, 0.25) is 0 Å². The number of ether oxygens (including phenoxy) is 3. The summed E-state index contributed by atoms with van der Waals surface area (Å²) in [6, 6.07) is 8.33. The van der Waals surface area contributed by atoms with Crippen LogP contribution in [0, 0.1) is 11.3 Å². The molecule has 27 heavy (non-hydrogen) atoms. The average Bonchev–Trinajstić information content (AvgIpc) is 2.63. The SMILES string of the molecule is CC(C)[C@H](NC(=O)OCc1ccccc1)C(=O)OCC(C)(C)C(=O)OCI. The normalized spacial score (nSPS) is 12.2. The first-order valence-corrected chi connectivity index (χ1v) is 10.1. The molecular formula is C19H26INO6. The fourth-order valence-electron chi connectivity index (χ4n) is 2.03. The molecule has 7 nitrogen and oxygen atoms in total. The quantitative estimate of drug-likeness (QED) is 0.246. The van der Waals surface area contributed by atoms with E-state index < -0.39 is 29.5 Å². The third-order valence-corrected chi connectivity index (χ3v) is 4.03. The highest BCUT2D eigenvalue weighted by atomic mass is 127. The van der Waals surface area contributed by atoms with E-state index in [1.807, 2.05) is 52.9 Å². The van der Waals surface area contributed by atoms with Crippen LogP contribution in [0.4, 0.5) is 4.79 Å². The second-order valence-electron chi connectivity index (χ2n) is 6.96. The second kappa shape index (κ2) is 11.1. The van der Waals surface area contributed by atoms with Gasteiger partial charge in [-0.15, -0.1) is 0 Å². The predicted octanol–water partition coefficient (Wildman–Crippen LogP) is 3.44. The van der Waals surface area contributed by atoms with Crippen molar-refractivity contribution in [3.8, 4) is 0 Å². The van der Waals surface area contributed by atoms with Crippen LogP contribution in [0.1, 0.15) is 33.3 Å². The summed E-state index contributed by atoms with van der Waals surface area (Å²) >= 11 is 1.92. The minimum Gasteiger partial charge on any atom is -0.463 e. The van der Waals surface area contributed by atoms with Crippen LogP contribution in [0.5, 0.6) is 0 Å². The molecule has 1 atom stereocenters. The van der Waals surface area contributed by atoms with Crippen molar-refractivity contribution < 1.29 is 28.6 Å². The monoisotopic (exact) mass is 491 g/mol. The molecule has 0 aromatic heterocycles. The molecule has 0 bridgehead atoms. The lowest BCUT2D eigenvalue weighted by Crippen LogP contribution is -2.46. The van der Waals surface area contributed by atoms with Gasteiger partial charge in [-0.1, -0.05) is 44.2 Å². The van der Waals surface area contributed by atoms with Crippen molar-refractivity contribution in [1.29, 1.82) is 0 Å². The van der Waals surface area contributed by atoms with Crippen LogP contribution in [-0.4, -0.2) is 35.3 Å². The minimum atomic E-state index is -0.976. The van der Waals surface area contributed by atoms with Gasteiger partial charge >= 0.3 is 18.0 Å². The van der Waals surface area contributed by atoms with Crippen molar-refractivity contribution in [2.75, 3.05) is 11.2 Å². The number of hydrogen-bond donors (Lipinski definition) is 1. The number of carbonyl (C=O) groups excluding carboxylic acids is 3. The summed E-state index contributed by atoms with van der Waals surface area (Å²) in [5, 5.41) is 2.52. The van der Waals surface area contributed by atoms with Crippen LogP contribution in [0.2, 0.25) is 0 Å². The summed E-state index contributed by atoms with van der Waals surface area (Å²) in [7, 11) is 0. The maximum atomic E-state index is 12.4. The van der Waals surface area contributed by atoms with E-state index in [2.05, 4.69) is 5.32 Å². The number of halogens is 1. The molecule has 8 heteroatoms. The highest BCUT2D eigenvalue weighted by molar-refractivity contribution is 14.1. The minimum absolute atomic E-state index is 0.0989. The molecule has 0 aliphatic rings. The van der Waals surface area contributed by atoms with E-state index in [-0.39, 0.29) is 23.7 Å². The van der Waals surface area contributed by atoms with E-state index in [0.29, 0.717) is 0 Å². The zero-order valence-corrected chi connectivity index (χ0v) is 18.1. The fraction of sp³-hybridized carbons (Fsp3) is 0.526. The van der Waals surface area contributed by atoms with Crippen LogP contribution in [0.3, 0.4) is 0 Å². The van der Waals surface area contributed by atoms with Crippen molar-refractivity contribution in [3.63, 3.8) is 0 Å². The molecule has 1 aromatic rings. The van der Waals surface area contributed by atoms with Gasteiger partial charge < -0.3 is 19.5 Å². The molecule has 0 radical (unpaired) electrons. The largest absolute Gasteiger partial charge is 0.463 e. The Labute approximate surface area is 173 Å². The fourth-order valence-corrected chi connectivity index (χ4v) is 2.32. The van der Waals surface area contributed by atoms with E-state index in [9.17, 15) is 14.4 Å².